The van der Waals surface area contributed by atoms with E-state index < -0.39 is 10.0 Å². The molecular weight excluding hydrogens is 452 g/mol. The zero-order valence-electron chi connectivity index (χ0n) is 16.1. The van der Waals surface area contributed by atoms with E-state index in [0.29, 0.717) is 28.8 Å². The van der Waals surface area contributed by atoms with Gasteiger partial charge in [-0.15, -0.1) is 0 Å². The summed E-state index contributed by atoms with van der Waals surface area (Å²) in [7, 11) is -3.84. The Morgan fingerprint density at radius 3 is 2.66 bits per heavy atom. The molecule has 0 radical (unpaired) electrons. The summed E-state index contributed by atoms with van der Waals surface area (Å²) in [6, 6.07) is 9.39. The van der Waals surface area contributed by atoms with Gasteiger partial charge in [-0.1, -0.05) is 28.1 Å². The van der Waals surface area contributed by atoms with Crippen molar-refractivity contribution in [2.75, 3.05) is 16.2 Å². The molecule has 1 aliphatic heterocycles. The predicted molar refractivity (Wildman–Crippen MR) is 117 cm³/mol. The van der Waals surface area contributed by atoms with Gasteiger partial charge < -0.3 is 4.90 Å². The minimum atomic E-state index is -3.84. The number of hydrogen-bond donors (Lipinski definition) is 1. The highest BCUT2D eigenvalue weighted by molar-refractivity contribution is 9.10. The number of carbonyl (C=O) groups excluding carboxylic acids is 1. The fraction of sp³-hybridized carbons (Fsp3) is 0.409. The molecule has 1 amide bonds. The number of fused-ring (bicyclic) bond motifs is 2. The highest BCUT2D eigenvalue weighted by Gasteiger charge is 2.39. The summed E-state index contributed by atoms with van der Waals surface area (Å²) < 4.78 is 30.5. The topological polar surface area (TPSA) is 66.5 Å². The number of halogens is 1. The van der Waals surface area contributed by atoms with Crippen LogP contribution in [0.15, 0.2) is 39.7 Å². The monoisotopic (exact) mass is 474 g/mol. The second-order valence-corrected chi connectivity index (χ2v) is 10.7. The van der Waals surface area contributed by atoms with Gasteiger partial charge in [0, 0.05) is 16.9 Å². The van der Waals surface area contributed by atoms with E-state index in [1.807, 2.05) is 18.2 Å². The standard InChI is InChI=1S/C22H23BrN2O3S/c23-17-12-16-10-11-25(22(26)15-8-9-15)21(16)20(13-17)29(27,28)24-19-7-3-5-14-4-1-2-6-18(14)19/h3,5,7,12-13,15,24H,1-2,4,6,8-11H2. The van der Waals surface area contributed by atoms with Crippen molar-refractivity contribution in [3.8, 4) is 0 Å². The first-order valence-corrected chi connectivity index (χ1v) is 12.5. The number of nitrogens with one attached hydrogen (secondary N) is 1. The van der Waals surface area contributed by atoms with Gasteiger partial charge >= 0.3 is 0 Å². The zero-order valence-corrected chi connectivity index (χ0v) is 18.5. The van der Waals surface area contributed by atoms with E-state index in [1.54, 1.807) is 11.0 Å². The third kappa shape index (κ3) is 3.48. The van der Waals surface area contributed by atoms with Crippen molar-refractivity contribution in [2.45, 2.75) is 49.8 Å². The van der Waals surface area contributed by atoms with Crippen LogP contribution in [0.2, 0.25) is 0 Å². The molecule has 0 saturated heterocycles. The molecule has 0 atom stereocenters. The van der Waals surface area contributed by atoms with E-state index >= 15 is 0 Å². The first-order chi connectivity index (χ1) is 13.9. The van der Waals surface area contributed by atoms with Gasteiger partial charge in [0.05, 0.1) is 11.4 Å². The molecule has 1 saturated carbocycles. The number of benzene rings is 2. The summed E-state index contributed by atoms with van der Waals surface area (Å²) >= 11 is 3.46. The summed E-state index contributed by atoms with van der Waals surface area (Å²) in [5, 5.41) is 0. The van der Waals surface area contributed by atoms with E-state index in [9.17, 15) is 13.2 Å². The molecule has 1 heterocycles. The number of aryl methyl sites for hydroxylation is 1. The minimum absolute atomic E-state index is 0.0502. The van der Waals surface area contributed by atoms with Crippen LogP contribution in [0.4, 0.5) is 11.4 Å². The third-order valence-electron chi connectivity index (χ3n) is 6.12. The lowest BCUT2D eigenvalue weighted by Gasteiger charge is -2.23. The lowest BCUT2D eigenvalue weighted by molar-refractivity contribution is -0.119. The van der Waals surface area contributed by atoms with Crippen LogP contribution in [0.3, 0.4) is 0 Å². The molecule has 29 heavy (non-hydrogen) atoms. The first kappa shape index (κ1) is 19.1. The molecule has 2 aliphatic carbocycles. The molecule has 0 aromatic heterocycles. The van der Waals surface area contributed by atoms with Gasteiger partial charge in [0.1, 0.15) is 4.90 Å². The van der Waals surface area contributed by atoms with Gasteiger partial charge in [0.2, 0.25) is 5.91 Å². The SMILES string of the molecule is O=C(C1CC1)N1CCc2cc(Br)cc(S(=O)(=O)Nc3cccc4c3CCCC4)c21. The summed E-state index contributed by atoms with van der Waals surface area (Å²) in [6.07, 6.45) is 6.56. The zero-order chi connectivity index (χ0) is 20.2. The number of sulfonamides is 1. The van der Waals surface area contributed by atoms with Crippen LogP contribution in [0.25, 0.3) is 0 Å². The van der Waals surface area contributed by atoms with Gasteiger partial charge in [-0.05, 0) is 79.8 Å². The number of anilines is 2. The second kappa shape index (κ2) is 7.13. The summed E-state index contributed by atoms with van der Waals surface area (Å²) in [5.74, 6) is 0.105. The summed E-state index contributed by atoms with van der Waals surface area (Å²) in [5.41, 5.74) is 4.45. The van der Waals surface area contributed by atoms with Crippen LogP contribution in [0.1, 0.15) is 42.4 Å². The maximum Gasteiger partial charge on any atom is 0.264 e. The Labute approximate surface area is 179 Å². The number of amides is 1. The molecular formula is C22H23BrN2O3S. The van der Waals surface area contributed by atoms with Gasteiger partial charge in [0.15, 0.2) is 0 Å². The van der Waals surface area contributed by atoms with E-state index in [0.717, 1.165) is 49.7 Å². The molecule has 2 aromatic rings. The molecule has 3 aliphatic rings. The van der Waals surface area contributed by atoms with Gasteiger partial charge in [0.25, 0.3) is 10.0 Å². The largest absolute Gasteiger partial charge is 0.310 e. The molecule has 1 N–H and O–H groups in total. The molecule has 0 spiro atoms. The fourth-order valence-electron chi connectivity index (χ4n) is 4.52. The van der Waals surface area contributed by atoms with Gasteiger partial charge in [-0.2, -0.15) is 0 Å². The van der Waals surface area contributed by atoms with Crippen molar-refractivity contribution >= 4 is 43.2 Å². The Hall–Kier alpha value is -1.86. The highest BCUT2D eigenvalue weighted by atomic mass is 79.9. The normalized spacial score (nSPS) is 18.3. The maximum atomic E-state index is 13.5. The van der Waals surface area contributed by atoms with Gasteiger partial charge in [-0.3, -0.25) is 9.52 Å². The van der Waals surface area contributed by atoms with Crippen LogP contribution in [-0.4, -0.2) is 20.9 Å². The van der Waals surface area contributed by atoms with Crippen LogP contribution < -0.4 is 9.62 Å². The Bertz CT molecular complexity index is 1110. The maximum absolute atomic E-state index is 13.5. The second-order valence-electron chi connectivity index (χ2n) is 8.18. The Morgan fingerprint density at radius 1 is 1.07 bits per heavy atom. The summed E-state index contributed by atoms with van der Waals surface area (Å²) in [4.78, 5) is 14.7. The molecule has 7 heteroatoms. The van der Waals surface area contributed by atoms with Crippen LogP contribution in [0.5, 0.6) is 0 Å². The quantitative estimate of drug-likeness (QED) is 0.712. The van der Waals surface area contributed by atoms with E-state index in [4.69, 9.17) is 0 Å². The van der Waals surface area contributed by atoms with E-state index in [-0.39, 0.29) is 16.7 Å². The Kier molecular flexibility index (Phi) is 4.70. The number of carbonyl (C=O) groups is 1. The average Bonchev–Trinajstić information content (AvgIpc) is 3.47. The summed E-state index contributed by atoms with van der Waals surface area (Å²) in [6.45, 7) is 0.546. The van der Waals surface area contributed by atoms with Crippen molar-refractivity contribution in [3.05, 3.63) is 51.5 Å². The molecule has 2 aromatic carbocycles. The third-order valence-corrected chi connectivity index (χ3v) is 7.95. The van der Waals surface area contributed by atoms with Crippen LogP contribution in [-0.2, 0) is 34.1 Å². The van der Waals surface area contributed by atoms with Crippen molar-refractivity contribution in [1.82, 2.24) is 0 Å². The van der Waals surface area contributed by atoms with Crippen molar-refractivity contribution < 1.29 is 13.2 Å². The van der Waals surface area contributed by atoms with Crippen LogP contribution >= 0.6 is 15.9 Å². The molecule has 0 unspecified atom stereocenters. The number of nitrogens with zero attached hydrogens (tertiary/aromatic N) is 1. The molecule has 152 valence electrons. The molecule has 5 rings (SSSR count). The van der Waals surface area contributed by atoms with Crippen molar-refractivity contribution in [2.24, 2.45) is 5.92 Å². The van der Waals surface area contributed by atoms with Gasteiger partial charge in [-0.25, -0.2) is 8.42 Å². The predicted octanol–water partition coefficient (Wildman–Crippen LogP) is 4.43. The van der Waals surface area contributed by atoms with E-state index in [2.05, 4.69) is 26.7 Å². The smallest absolute Gasteiger partial charge is 0.264 e. The average molecular weight is 475 g/mol. The number of rotatable bonds is 4. The molecule has 0 bridgehead atoms. The van der Waals surface area contributed by atoms with E-state index in [1.165, 1.54) is 5.56 Å². The first-order valence-electron chi connectivity index (χ1n) is 10.2. The highest BCUT2D eigenvalue weighted by Crippen LogP contribution is 2.42. The minimum Gasteiger partial charge on any atom is -0.310 e. The lowest BCUT2D eigenvalue weighted by atomic mass is 9.91. The molecule has 5 nitrogen and oxygen atoms in total. The fourth-order valence-corrected chi connectivity index (χ4v) is 6.55. The lowest BCUT2D eigenvalue weighted by Crippen LogP contribution is -2.31. The van der Waals surface area contributed by atoms with Crippen molar-refractivity contribution in [3.63, 3.8) is 0 Å². The van der Waals surface area contributed by atoms with Crippen LogP contribution in [0, 0.1) is 5.92 Å². The Balaban J connectivity index is 1.56. The Morgan fingerprint density at radius 2 is 1.86 bits per heavy atom. The number of hydrogen-bond acceptors (Lipinski definition) is 3. The van der Waals surface area contributed by atoms with Crippen molar-refractivity contribution in [1.29, 1.82) is 0 Å². The molecule has 1 fully saturated rings.